The summed E-state index contributed by atoms with van der Waals surface area (Å²) in [6.45, 7) is 0. The van der Waals surface area contributed by atoms with Crippen LogP contribution in [0.4, 0.5) is 15.8 Å². The van der Waals surface area contributed by atoms with Crippen LogP contribution in [0, 0.1) is 20.2 Å². The number of carbonyl (C=O) groups excluding carboxylic acids is 2. The molecule has 1 rings (SSSR count). The van der Waals surface area contributed by atoms with Gasteiger partial charge in [-0.3, -0.25) is 25.0 Å². The molecule has 0 spiro atoms. The van der Waals surface area contributed by atoms with E-state index in [4.69, 9.17) is 0 Å². The molecule has 1 atom stereocenters. The monoisotopic (exact) mass is 286 g/mol. The van der Waals surface area contributed by atoms with E-state index in [1.54, 1.807) is 0 Å². The first-order chi connectivity index (χ1) is 9.29. The fourth-order valence-electron chi connectivity index (χ4n) is 1.34. The number of benzene rings is 1. The molecule has 0 fully saturated rings. The lowest BCUT2D eigenvalue weighted by Gasteiger charge is -2.05. The summed E-state index contributed by atoms with van der Waals surface area (Å²) < 4.78 is 17.4. The third-order valence-corrected chi connectivity index (χ3v) is 2.29. The van der Waals surface area contributed by atoms with E-state index in [1.807, 2.05) is 0 Å². The van der Waals surface area contributed by atoms with Crippen LogP contribution >= 0.6 is 0 Å². The molecular weight excluding hydrogens is 279 g/mol. The molecule has 0 N–H and O–H groups in total. The second-order valence-corrected chi connectivity index (χ2v) is 3.47. The average molecular weight is 286 g/mol. The summed E-state index contributed by atoms with van der Waals surface area (Å²) >= 11 is 0. The van der Waals surface area contributed by atoms with Crippen molar-refractivity contribution in [1.82, 2.24) is 0 Å². The highest BCUT2D eigenvalue weighted by Crippen LogP contribution is 2.26. The van der Waals surface area contributed by atoms with Gasteiger partial charge in [-0.05, 0) is 0 Å². The minimum atomic E-state index is -2.79. The standard InChI is InChI=1S/C10H7FN2O7/c1-20-10(15)8(11)9(14)6-4-5(12(16)17)2-3-7(6)13(18)19/h2-4,8H,1H3. The predicted molar refractivity (Wildman–Crippen MR) is 61.0 cm³/mol. The summed E-state index contributed by atoms with van der Waals surface area (Å²) in [5.41, 5.74) is -2.36. The van der Waals surface area contributed by atoms with Crippen LogP contribution in [0.3, 0.4) is 0 Å². The molecule has 0 amide bonds. The highest BCUT2D eigenvalue weighted by atomic mass is 19.1. The van der Waals surface area contributed by atoms with Crippen molar-refractivity contribution in [2.75, 3.05) is 7.11 Å². The summed E-state index contributed by atoms with van der Waals surface area (Å²) in [5, 5.41) is 21.3. The van der Waals surface area contributed by atoms with Crippen molar-refractivity contribution in [1.29, 1.82) is 0 Å². The fraction of sp³-hybridized carbons (Fsp3) is 0.200. The quantitative estimate of drug-likeness (QED) is 0.261. The van der Waals surface area contributed by atoms with E-state index in [0.29, 0.717) is 12.1 Å². The lowest BCUT2D eigenvalue weighted by molar-refractivity contribution is -0.389. The molecule has 0 aliphatic carbocycles. The van der Waals surface area contributed by atoms with E-state index >= 15 is 0 Å². The van der Waals surface area contributed by atoms with Gasteiger partial charge in [-0.2, -0.15) is 0 Å². The minimum Gasteiger partial charge on any atom is -0.467 e. The summed E-state index contributed by atoms with van der Waals surface area (Å²) in [5.74, 6) is -3.12. The molecule has 0 aliphatic rings. The number of methoxy groups -OCH3 is 1. The Kier molecular flexibility index (Phi) is 4.41. The zero-order valence-electron chi connectivity index (χ0n) is 9.94. The van der Waals surface area contributed by atoms with E-state index in [1.165, 1.54) is 0 Å². The molecule has 9 nitrogen and oxygen atoms in total. The van der Waals surface area contributed by atoms with Crippen molar-refractivity contribution in [3.8, 4) is 0 Å². The lowest BCUT2D eigenvalue weighted by atomic mass is 10.0. The molecule has 0 bridgehead atoms. The van der Waals surface area contributed by atoms with Gasteiger partial charge in [0.15, 0.2) is 0 Å². The zero-order valence-corrected chi connectivity index (χ0v) is 9.94. The van der Waals surface area contributed by atoms with E-state index in [9.17, 15) is 34.2 Å². The Morgan fingerprint density at radius 3 is 2.30 bits per heavy atom. The number of rotatable bonds is 5. The summed E-state index contributed by atoms with van der Waals surface area (Å²) in [4.78, 5) is 41.9. The lowest BCUT2D eigenvalue weighted by Crippen LogP contribution is -2.27. The molecule has 1 aromatic carbocycles. The predicted octanol–water partition coefficient (Wildman–Crippen LogP) is 1.20. The summed E-state index contributed by atoms with van der Waals surface area (Å²) in [6, 6.07) is 2.02. The van der Waals surface area contributed by atoms with Crippen molar-refractivity contribution >= 4 is 23.1 Å². The van der Waals surface area contributed by atoms with E-state index < -0.39 is 44.7 Å². The topological polar surface area (TPSA) is 130 Å². The van der Waals surface area contributed by atoms with Gasteiger partial charge in [0, 0.05) is 18.2 Å². The Morgan fingerprint density at radius 2 is 1.85 bits per heavy atom. The second kappa shape index (κ2) is 5.82. The van der Waals surface area contributed by atoms with Crippen molar-refractivity contribution in [3.05, 3.63) is 44.0 Å². The maximum Gasteiger partial charge on any atom is 0.348 e. The van der Waals surface area contributed by atoms with Gasteiger partial charge < -0.3 is 4.74 Å². The first kappa shape index (κ1) is 15.1. The number of Topliss-reactive ketones (excluding diaryl/α,β-unsaturated/α-hetero) is 1. The SMILES string of the molecule is COC(=O)C(F)C(=O)c1cc([N+](=O)[O-])ccc1[N+](=O)[O-]. The van der Waals surface area contributed by atoms with Crippen molar-refractivity contribution in [2.45, 2.75) is 6.17 Å². The maximum atomic E-state index is 13.4. The number of nitro benzene ring substituents is 2. The van der Waals surface area contributed by atoms with Crippen LogP contribution in [0.1, 0.15) is 10.4 Å². The number of ketones is 1. The Bertz CT molecular complexity index is 601. The molecule has 1 unspecified atom stereocenters. The molecule has 10 heteroatoms. The van der Waals surface area contributed by atoms with Gasteiger partial charge >= 0.3 is 5.97 Å². The minimum absolute atomic E-state index is 0.538. The number of non-ortho nitro benzene ring substituents is 1. The third kappa shape index (κ3) is 2.91. The first-order valence-electron chi connectivity index (χ1n) is 4.98. The average Bonchev–Trinajstić information content (AvgIpc) is 2.43. The van der Waals surface area contributed by atoms with Crippen molar-refractivity contribution < 1.29 is 28.6 Å². The van der Waals surface area contributed by atoms with Crippen LogP contribution in [0.2, 0.25) is 0 Å². The third-order valence-electron chi connectivity index (χ3n) is 2.29. The van der Waals surface area contributed by atoms with E-state index in [0.717, 1.165) is 13.2 Å². The van der Waals surface area contributed by atoms with Crippen LogP contribution in [-0.4, -0.2) is 34.9 Å². The van der Waals surface area contributed by atoms with Gasteiger partial charge in [-0.1, -0.05) is 0 Å². The number of carbonyl (C=O) groups is 2. The van der Waals surface area contributed by atoms with Gasteiger partial charge in [-0.25, -0.2) is 9.18 Å². The Balaban J connectivity index is 3.36. The molecule has 20 heavy (non-hydrogen) atoms. The molecule has 0 radical (unpaired) electrons. The van der Waals surface area contributed by atoms with Crippen LogP contribution in [0.15, 0.2) is 18.2 Å². The number of hydrogen-bond acceptors (Lipinski definition) is 7. The molecule has 0 saturated heterocycles. The number of nitro groups is 2. The van der Waals surface area contributed by atoms with Gasteiger partial charge in [0.25, 0.3) is 17.5 Å². The molecular formula is C10H7FN2O7. The van der Waals surface area contributed by atoms with Crippen molar-refractivity contribution in [3.63, 3.8) is 0 Å². The number of nitrogens with zero attached hydrogens (tertiary/aromatic N) is 2. The smallest absolute Gasteiger partial charge is 0.348 e. The molecule has 0 heterocycles. The molecule has 1 aromatic rings. The zero-order chi connectivity index (χ0) is 15.4. The number of ether oxygens (including phenoxy) is 1. The number of hydrogen-bond donors (Lipinski definition) is 0. The highest BCUT2D eigenvalue weighted by molar-refractivity contribution is 6.13. The summed E-state index contributed by atoms with van der Waals surface area (Å²) in [6.07, 6.45) is -2.79. The molecule has 0 aromatic heterocycles. The van der Waals surface area contributed by atoms with Crippen LogP contribution in [0.25, 0.3) is 0 Å². The van der Waals surface area contributed by atoms with Gasteiger partial charge in [-0.15, -0.1) is 0 Å². The Morgan fingerprint density at radius 1 is 1.25 bits per heavy atom. The largest absolute Gasteiger partial charge is 0.467 e. The highest BCUT2D eigenvalue weighted by Gasteiger charge is 2.34. The number of halogens is 1. The van der Waals surface area contributed by atoms with Crippen LogP contribution < -0.4 is 0 Å². The number of esters is 1. The van der Waals surface area contributed by atoms with Gasteiger partial charge in [0.1, 0.15) is 5.56 Å². The van der Waals surface area contributed by atoms with Gasteiger partial charge in [0.2, 0.25) is 5.78 Å². The first-order valence-corrected chi connectivity index (χ1v) is 4.98. The summed E-state index contributed by atoms with van der Waals surface area (Å²) in [7, 11) is 0.823. The Labute approximate surface area is 110 Å². The molecule has 106 valence electrons. The fourth-order valence-corrected chi connectivity index (χ4v) is 1.34. The number of alkyl halides is 1. The second-order valence-electron chi connectivity index (χ2n) is 3.47. The van der Waals surface area contributed by atoms with Crippen LogP contribution in [-0.2, 0) is 9.53 Å². The van der Waals surface area contributed by atoms with E-state index in [2.05, 4.69) is 4.74 Å². The molecule has 0 aliphatic heterocycles. The van der Waals surface area contributed by atoms with Gasteiger partial charge in [0.05, 0.1) is 17.0 Å². The van der Waals surface area contributed by atoms with E-state index in [-0.39, 0.29) is 0 Å². The van der Waals surface area contributed by atoms with Crippen LogP contribution in [0.5, 0.6) is 0 Å². The maximum absolute atomic E-state index is 13.4. The van der Waals surface area contributed by atoms with Crippen molar-refractivity contribution in [2.24, 2.45) is 0 Å². The molecule has 0 saturated carbocycles. The Hall–Kier alpha value is -2.91. The normalized spacial score (nSPS) is 11.5.